The summed E-state index contributed by atoms with van der Waals surface area (Å²) in [5.41, 5.74) is 5.51. The molecule has 0 amide bonds. The molecule has 0 spiro atoms. The summed E-state index contributed by atoms with van der Waals surface area (Å²) in [6.07, 6.45) is 1.13. The number of nitrogen functional groups attached to an aromatic ring is 1. The second-order valence-corrected chi connectivity index (χ2v) is 5.72. The zero-order chi connectivity index (χ0) is 14.8. The number of halogens is 3. The van der Waals surface area contributed by atoms with E-state index in [1.165, 1.54) is 12.5 Å². The topological polar surface area (TPSA) is 63.8 Å². The predicted molar refractivity (Wildman–Crippen MR) is 71.1 cm³/mol. The Kier molecular flexibility index (Phi) is 4.06. The normalized spacial score (nSPS) is 18.8. The lowest BCUT2D eigenvalue weighted by atomic mass is 9.76. The van der Waals surface area contributed by atoms with Crippen molar-refractivity contribution >= 4 is 11.6 Å². The third kappa shape index (κ3) is 3.74. The van der Waals surface area contributed by atoms with Crippen LogP contribution in [0.25, 0.3) is 0 Å². The molecule has 0 aliphatic heterocycles. The van der Waals surface area contributed by atoms with E-state index in [0.29, 0.717) is 6.54 Å². The molecule has 0 saturated heterocycles. The van der Waals surface area contributed by atoms with E-state index in [0.717, 1.165) is 25.7 Å². The molecule has 0 radical (unpaired) electrons. The summed E-state index contributed by atoms with van der Waals surface area (Å²) in [4.78, 5) is 6.71. The molecule has 0 unspecified atom stereocenters. The van der Waals surface area contributed by atoms with Crippen molar-refractivity contribution in [1.82, 2.24) is 9.97 Å². The predicted octanol–water partition coefficient (Wildman–Crippen LogP) is 3.46. The largest absolute Gasteiger partial charge is 0.451 e. The summed E-state index contributed by atoms with van der Waals surface area (Å²) in [6.45, 7) is 2.75. The highest BCUT2D eigenvalue weighted by Gasteiger charge is 2.35. The first-order chi connectivity index (χ1) is 9.28. The second kappa shape index (κ2) is 5.46. The fourth-order valence-corrected chi connectivity index (χ4v) is 2.57. The number of nitrogens with one attached hydrogen (secondary N) is 1. The molecule has 4 nitrogen and oxygen atoms in total. The van der Waals surface area contributed by atoms with Gasteiger partial charge in [-0.15, -0.1) is 0 Å². The first kappa shape index (κ1) is 14.9. The lowest BCUT2D eigenvalue weighted by Crippen LogP contribution is -2.29. The number of nitrogens with zero attached hydrogens (tertiary/aromatic N) is 2. The van der Waals surface area contributed by atoms with E-state index in [4.69, 9.17) is 5.73 Å². The van der Waals surface area contributed by atoms with Crippen LogP contribution in [-0.4, -0.2) is 16.5 Å². The molecule has 1 aromatic rings. The van der Waals surface area contributed by atoms with E-state index >= 15 is 0 Å². The number of hydrogen-bond acceptors (Lipinski definition) is 4. The van der Waals surface area contributed by atoms with Crippen molar-refractivity contribution in [2.45, 2.75) is 45.2 Å². The molecule has 0 atom stereocenters. The van der Waals surface area contributed by atoms with Gasteiger partial charge in [-0.2, -0.15) is 13.2 Å². The van der Waals surface area contributed by atoms with E-state index in [9.17, 15) is 13.2 Å². The Balaban J connectivity index is 2.07. The minimum atomic E-state index is -4.58. The quantitative estimate of drug-likeness (QED) is 0.894. The Bertz CT molecular complexity index is 467. The van der Waals surface area contributed by atoms with Crippen molar-refractivity contribution in [3.8, 4) is 0 Å². The fraction of sp³-hybridized carbons (Fsp3) is 0.692. The van der Waals surface area contributed by atoms with Gasteiger partial charge in [-0.25, -0.2) is 9.97 Å². The van der Waals surface area contributed by atoms with Crippen molar-refractivity contribution in [3.05, 3.63) is 11.9 Å². The molecule has 1 saturated carbocycles. The lowest BCUT2D eigenvalue weighted by molar-refractivity contribution is -0.144. The van der Waals surface area contributed by atoms with Crippen LogP contribution in [0, 0.1) is 5.41 Å². The SMILES string of the molecule is CC1(CNc2cc(N)nc(C(F)(F)F)n2)CCCCC1. The molecular formula is C13H19F3N4. The monoisotopic (exact) mass is 288 g/mol. The first-order valence-corrected chi connectivity index (χ1v) is 6.74. The van der Waals surface area contributed by atoms with Crippen molar-refractivity contribution in [3.63, 3.8) is 0 Å². The summed E-state index contributed by atoms with van der Waals surface area (Å²) in [5.74, 6) is -1.24. The zero-order valence-electron chi connectivity index (χ0n) is 11.4. The van der Waals surface area contributed by atoms with E-state index in [1.807, 2.05) is 0 Å². The van der Waals surface area contributed by atoms with Crippen molar-refractivity contribution in [1.29, 1.82) is 0 Å². The molecule has 1 fully saturated rings. The molecule has 2 rings (SSSR count). The maximum atomic E-state index is 12.6. The molecule has 0 bridgehead atoms. The maximum Gasteiger partial charge on any atom is 0.451 e. The molecule has 3 N–H and O–H groups in total. The average molecular weight is 288 g/mol. The molecule has 7 heteroatoms. The van der Waals surface area contributed by atoms with E-state index in [2.05, 4.69) is 22.2 Å². The van der Waals surface area contributed by atoms with Gasteiger partial charge in [0.05, 0.1) is 0 Å². The second-order valence-electron chi connectivity index (χ2n) is 5.72. The average Bonchev–Trinajstić information content (AvgIpc) is 2.36. The van der Waals surface area contributed by atoms with Crippen molar-refractivity contribution < 1.29 is 13.2 Å². The Labute approximate surface area is 116 Å². The molecule has 1 aliphatic rings. The van der Waals surface area contributed by atoms with Gasteiger partial charge in [-0.1, -0.05) is 26.2 Å². The highest BCUT2D eigenvalue weighted by molar-refractivity contribution is 5.45. The Hall–Kier alpha value is -1.53. The third-order valence-electron chi connectivity index (χ3n) is 3.76. The number of aromatic nitrogens is 2. The Morgan fingerprint density at radius 3 is 2.50 bits per heavy atom. The van der Waals surface area contributed by atoms with Crippen LogP contribution in [0.5, 0.6) is 0 Å². The first-order valence-electron chi connectivity index (χ1n) is 6.74. The van der Waals surface area contributed by atoms with E-state index < -0.39 is 12.0 Å². The van der Waals surface area contributed by atoms with Gasteiger partial charge in [0.2, 0.25) is 5.82 Å². The summed E-state index contributed by atoms with van der Waals surface area (Å²) < 4.78 is 37.8. The molecule has 20 heavy (non-hydrogen) atoms. The summed E-state index contributed by atoms with van der Waals surface area (Å²) >= 11 is 0. The highest BCUT2D eigenvalue weighted by atomic mass is 19.4. The van der Waals surface area contributed by atoms with Gasteiger partial charge in [0.1, 0.15) is 11.6 Å². The fourth-order valence-electron chi connectivity index (χ4n) is 2.57. The van der Waals surface area contributed by atoms with Crippen LogP contribution in [0.4, 0.5) is 24.8 Å². The molecule has 1 aromatic heterocycles. The number of nitrogens with two attached hydrogens (primary N) is 1. The van der Waals surface area contributed by atoms with Crippen LogP contribution in [0.3, 0.4) is 0 Å². The smallest absolute Gasteiger partial charge is 0.384 e. The van der Waals surface area contributed by atoms with Gasteiger partial charge in [0.15, 0.2) is 0 Å². The van der Waals surface area contributed by atoms with Gasteiger partial charge < -0.3 is 11.1 Å². The number of alkyl halides is 3. The van der Waals surface area contributed by atoms with E-state index in [-0.39, 0.29) is 17.1 Å². The van der Waals surface area contributed by atoms with Crippen molar-refractivity contribution in [2.24, 2.45) is 5.41 Å². The molecular weight excluding hydrogens is 269 g/mol. The standard InChI is InChI=1S/C13H19F3N4/c1-12(5-3-2-4-6-12)8-18-10-7-9(17)19-11(20-10)13(14,15)16/h7H,2-6,8H2,1H3,(H3,17,18,19,20). The maximum absolute atomic E-state index is 12.6. The Morgan fingerprint density at radius 2 is 1.90 bits per heavy atom. The molecule has 1 aliphatic carbocycles. The zero-order valence-corrected chi connectivity index (χ0v) is 11.4. The summed E-state index contributed by atoms with van der Waals surface area (Å²) in [5, 5.41) is 2.98. The van der Waals surface area contributed by atoms with Crippen LogP contribution in [-0.2, 0) is 6.18 Å². The van der Waals surface area contributed by atoms with Crippen LogP contribution >= 0.6 is 0 Å². The van der Waals surface area contributed by atoms with Crippen LogP contribution < -0.4 is 11.1 Å². The highest BCUT2D eigenvalue weighted by Crippen LogP contribution is 2.36. The van der Waals surface area contributed by atoms with Crippen LogP contribution in [0.15, 0.2) is 6.07 Å². The van der Waals surface area contributed by atoms with Crippen LogP contribution in [0.2, 0.25) is 0 Å². The molecule has 0 aromatic carbocycles. The molecule has 112 valence electrons. The molecule has 1 heterocycles. The van der Waals surface area contributed by atoms with Crippen LogP contribution in [0.1, 0.15) is 44.9 Å². The van der Waals surface area contributed by atoms with Gasteiger partial charge >= 0.3 is 6.18 Å². The third-order valence-corrected chi connectivity index (χ3v) is 3.76. The van der Waals surface area contributed by atoms with E-state index in [1.54, 1.807) is 0 Å². The number of rotatable bonds is 3. The van der Waals surface area contributed by atoms with Gasteiger partial charge in [-0.05, 0) is 18.3 Å². The van der Waals surface area contributed by atoms with Gasteiger partial charge in [0.25, 0.3) is 0 Å². The minimum absolute atomic E-state index is 0.107. The minimum Gasteiger partial charge on any atom is -0.384 e. The summed E-state index contributed by atoms with van der Waals surface area (Å²) in [7, 11) is 0. The van der Waals surface area contributed by atoms with Crippen molar-refractivity contribution in [2.75, 3.05) is 17.6 Å². The number of anilines is 2. The summed E-state index contributed by atoms with van der Waals surface area (Å²) in [6, 6.07) is 1.33. The Morgan fingerprint density at radius 1 is 1.25 bits per heavy atom. The van der Waals surface area contributed by atoms with Gasteiger partial charge in [0, 0.05) is 12.6 Å². The van der Waals surface area contributed by atoms with Gasteiger partial charge in [-0.3, -0.25) is 0 Å². The lowest BCUT2D eigenvalue weighted by Gasteiger charge is -2.33. The number of hydrogen-bond donors (Lipinski definition) is 2.